The molecular weight excluding hydrogens is 326 g/mol. The van der Waals surface area contributed by atoms with Gasteiger partial charge >= 0.3 is 0 Å². The molecule has 0 unspecified atom stereocenters. The number of guanidine groups is 1. The molecule has 130 valence electrons. The number of benzene rings is 1. The summed E-state index contributed by atoms with van der Waals surface area (Å²) < 4.78 is 5.23. The van der Waals surface area contributed by atoms with E-state index in [9.17, 15) is 0 Å². The van der Waals surface area contributed by atoms with E-state index in [1.54, 1.807) is 0 Å². The molecule has 0 radical (unpaired) electrons. The van der Waals surface area contributed by atoms with Crippen molar-refractivity contribution in [3.8, 4) is 0 Å². The molecule has 0 atom stereocenters. The summed E-state index contributed by atoms with van der Waals surface area (Å²) in [6.07, 6.45) is 0.658. The topological polar surface area (TPSA) is 75.3 Å². The quantitative estimate of drug-likeness (QED) is 0.593. The van der Waals surface area contributed by atoms with E-state index < -0.39 is 0 Å². The number of hydrogen-bond donors (Lipinski definition) is 2. The third-order valence-corrected chi connectivity index (χ3v) is 3.56. The van der Waals surface area contributed by atoms with Gasteiger partial charge in [0.15, 0.2) is 11.8 Å². The minimum Gasteiger partial charge on any atom is -0.357 e. The molecule has 0 fully saturated rings. The predicted octanol–water partition coefficient (Wildman–Crippen LogP) is 3.14. The summed E-state index contributed by atoms with van der Waals surface area (Å²) >= 11 is 5.89. The fourth-order valence-electron chi connectivity index (χ4n) is 1.99. The lowest BCUT2D eigenvalue weighted by molar-refractivity contribution is 0.371. The van der Waals surface area contributed by atoms with Gasteiger partial charge in [0.05, 0.1) is 6.54 Å². The number of aromatic nitrogens is 2. The Morgan fingerprint density at radius 1 is 1.25 bits per heavy atom. The van der Waals surface area contributed by atoms with E-state index in [2.05, 4.69) is 25.8 Å². The van der Waals surface area contributed by atoms with Gasteiger partial charge in [-0.15, -0.1) is 0 Å². The molecule has 24 heavy (non-hydrogen) atoms. The average Bonchev–Trinajstić information content (AvgIpc) is 3.03. The van der Waals surface area contributed by atoms with Crippen LogP contribution < -0.4 is 10.6 Å². The zero-order valence-corrected chi connectivity index (χ0v) is 15.1. The van der Waals surface area contributed by atoms with Crippen molar-refractivity contribution in [1.82, 2.24) is 20.8 Å². The van der Waals surface area contributed by atoms with Gasteiger partial charge in [-0.25, -0.2) is 4.99 Å². The van der Waals surface area contributed by atoms with Crippen molar-refractivity contribution in [2.24, 2.45) is 4.99 Å². The largest absolute Gasteiger partial charge is 0.357 e. The molecule has 0 aliphatic rings. The molecule has 0 aliphatic carbocycles. The zero-order chi connectivity index (χ0) is 17.4. The van der Waals surface area contributed by atoms with Crippen molar-refractivity contribution in [3.63, 3.8) is 0 Å². The minimum absolute atomic E-state index is 0.272. The number of hydrogen-bond acceptors (Lipinski definition) is 4. The van der Waals surface area contributed by atoms with E-state index in [4.69, 9.17) is 16.1 Å². The second-order valence-corrected chi connectivity index (χ2v) is 6.14. The van der Waals surface area contributed by atoms with Crippen molar-refractivity contribution in [2.45, 2.75) is 39.7 Å². The zero-order valence-electron chi connectivity index (χ0n) is 14.3. The Hall–Kier alpha value is -2.08. The Morgan fingerprint density at radius 3 is 2.62 bits per heavy atom. The number of rotatable bonds is 7. The third kappa shape index (κ3) is 5.85. The lowest BCUT2D eigenvalue weighted by atomic mass is 10.2. The van der Waals surface area contributed by atoms with Gasteiger partial charge in [0.1, 0.15) is 0 Å². The van der Waals surface area contributed by atoms with E-state index in [0.717, 1.165) is 28.9 Å². The number of nitrogens with zero attached hydrogens (tertiary/aromatic N) is 3. The third-order valence-electron chi connectivity index (χ3n) is 3.31. The van der Waals surface area contributed by atoms with E-state index in [-0.39, 0.29) is 5.92 Å². The van der Waals surface area contributed by atoms with Gasteiger partial charge in [-0.1, -0.05) is 42.7 Å². The Bertz CT molecular complexity index is 651. The molecule has 1 aromatic carbocycles. The summed E-state index contributed by atoms with van der Waals surface area (Å²) in [5.74, 6) is 2.41. The SMILES string of the molecule is CCNC(=NCc1ccc(Cl)cc1)NCCc1nc(C(C)C)no1. The number of nitrogens with one attached hydrogen (secondary N) is 2. The fraction of sp³-hybridized carbons (Fsp3) is 0.471. The van der Waals surface area contributed by atoms with E-state index >= 15 is 0 Å². The van der Waals surface area contributed by atoms with Crippen molar-refractivity contribution in [2.75, 3.05) is 13.1 Å². The van der Waals surface area contributed by atoms with Crippen LogP contribution in [0.5, 0.6) is 0 Å². The fourth-order valence-corrected chi connectivity index (χ4v) is 2.12. The highest BCUT2D eigenvalue weighted by Crippen LogP contribution is 2.10. The summed E-state index contributed by atoms with van der Waals surface area (Å²) in [4.78, 5) is 8.93. The van der Waals surface area contributed by atoms with Crippen LogP contribution in [0.1, 0.15) is 44.0 Å². The molecule has 2 aromatic rings. The summed E-state index contributed by atoms with van der Waals surface area (Å²) in [5.41, 5.74) is 1.11. The summed E-state index contributed by atoms with van der Waals surface area (Å²) in [5, 5.41) is 11.2. The minimum atomic E-state index is 0.272. The van der Waals surface area contributed by atoms with E-state index in [1.807, 2.05) is 45.0 Å². The van der Waals surface area contributed by atoms with Gasteiger partial charge in [0.2, 0.25) is 5.89 Å². The molecule has 2 N–H and O–H groups in total. The molecular formula is C17H24ClN5O. The average molecular weight is 350 g/mol. The molecule has 0 aliphatic heterocycles. The summed E-state index contributed by atoms with van der Waals surface area (Å²) in [6, 6.07) is 7.69. The normalized spacial score (nSPS) is 11.8. The maximum atomic E-state index is 5.89. The van der Waals surface area contributed by atoms with E-state index in [0.29, 0.717) is 25.4 Å². The molecule has 1 heterocycles. The monoisotopic (exact) mass is 349 g/mol. The number of aliphatic imine (C=N–C) groups is 1. The Kier molecular flexibility index (Phi) is 7.06. The molecule has 0 saturated carbocycles. The molecule has 1 aromatic heterocycles. The molecule has 2 rings (SSSR count). The molecule has 0 bridgehead atoms. The molecule has 7 heteroatoms. The van der Waals surface area contributed by atoms with Gasteiger partial charge in [0, 0.05) is 30.5 Å². The maximum absolute atomic E-state index is 5.89. The van der Waals surface area contributed by atoms with Crippen LogP contribution in [0.2, 0.25) is 5.02 Å². The van der Waals surface area contributed by atoms with Crippen LogP contribution in [0.3, 0.4) is 0 Å². The highest BCUT2D eigenvalue weighted by atomic mass is 35.5. The Balaban J connectivity index is 1.85. The van der Waals surface area contributed by atoms with Crippen molar-refractivity contribution >= 4 is 17.6 Å². The molecule has 6 nitrogen and oxygen atoms in total. The van der Waals surface area contributed by atoms with Gasteiger partial charge in [-0.05, 0) is 24.6 Å². The van der Waals surface area contributed by atoms with Crippen LogP contribution in [0.25, 0.3) is 0 Å². The standard InChI is InChI=1S/C17H24ClN5O/c1-4-19-17(21-11-13-5-7-14(18)8-6-13)20-10-9-15-22-16(12(2)3)23-24-15/h5-8,12H,4,9-11H2,1-3H3,(H2,19,20,21). The highest BCUT2D eigenvalue weighted by molar-refractivity contribution is 6.30. The maximum Gasteiger partial charge on any atom is 0.228 e. The second-order valence-electron chi connectivity index (χ2n) is 5.70. The van der Waals surface area contributed by atoms with Crippen molar-refractivity contribution in [1.29, 1.82) is 0 Å². The number of halogens is 1. The van der Waals surface area contributed by atoms with Crippen molar-refractivity contribution in [3.05, 3.63) is 46.6 Å². The molecule has 0 spiro atoms. The van der Waals surface area contributed by atoms with Gasteiger partial charge in [0.25, 0.3) is 0 Å². The van der Waals surface area contributed by atoms with Gasteiger partial charge < -0.3 is 15.2 Å². The van der Waals surface area contributed by atoms with Crippen LogP contribution in [0.15, 0.2) is 33.8 Å². The Labute approximate surface area is 147 Å². The van der Waals surface area contributed by atoms with Crippen molar-refractivity contribution < 1.29 is 4.52 Å². The lowest BCUT2D eigenvalue weighted by Crippen LogP contribution is -2.38. The smallest absolute Gasteiger partial charge is 0.228 e. The van der Waals surface area contributed by atoms with Gasteiger partial charge in [-0.2, -0.15) is 4.98 Å². The van der Waals surface area contributed by atoms with E-state index in [1.165, 1.54) is 0 Å². The Morgan fingerprint density at radius 2 is 2.00 bits per heavy atom. The van der Waals surface area contributed by atoms with Crippen LogP contribution >= 0.6 is 11.6 Å². The van der Waals surface area contributed by atoms with Crippen LogP contribution in [0.4, 0.5) is 0 Å². The first-order valence-corrected chi connectivity index (χ1v) is 8.55. The van der Waals surface area contributed by atoms with Gasteiger partial charge in [-0.3, -0.25) is 0 Å². The highest BCUT2D eigenvalue weighted by Gasteiger charge is 2.09. The summed E-state index contributed by atoms with van der Waals surface area (Å²) in [6.45, 7) is 8.17. The predicted molar refractivity (Wildman–Crippen MR) is 96.4 cm³/mol. The van der Waals surface area contributed by atoms with Crippen LogP contribution in [-0.4, -0.2) is 29.2 Å². The first-order chi connectivity index (χ1) is 11.6. The molecule has 0 amide bonds. The lowest BCUT2D eigenvalue weighted by Gasteiger charge is -2.10. The first kappa shape index (κ1) is 18.3. The van der Waals surface area contributed by atoms with Crippen LogP contribution in [-0.2, 0) is 13.0 Å². The second kappa shape index (κ2) is 9.27. The first-order valence-electron chi connectivity index (χ1n) is 8.17. The summed E-state index contributed by atoms with van der Waals surface area (Å²) in [7, 11) is 0. The van der Waals surface area contributed by atoms with Crippen LogP contribution in [0, 0.1) is 0 Å². The molecule has 0 saturated heterocycles.